The maximum absolute atomic E-state index is 6.84. The highest BCUT2D eigenvalue weighted by molar-refractivity contribution is 7.25. The molecular weight excluding hydrogens is 222 g/mol. The first-order chi connectivity index (χ1) is 7.11. The Morgan fingerprint density at radius 2 is 1.80 bits per heavy atom. The zero-order valence-corrected chi connectivity index (χ0v) is 11.6. The third-order valence-electron chi connectivity index (χ3n) is 2.79. The maximum Gasteiger partial charge on any atom is 0.259 e. The third-order valence-corrected chi connectivity index (χ3v) is 8.67. The SMILES string of the molecule is CCCC[Si](Cl)(c1ccccc1)N(C)C. The Labute approximate surface area is 98.9 Å². The summed E-state index contributed by atoms with van der Waals surface area (Å²) in [6.07, 6.45) is 2.42. The average Bonchev–Trinajstić information content (AvgIpc) is 2.27. The van der Waals surface area contributed by atoms with E-state index in [1.165, 1.54) is 18.0 Å². The number of unbranched alkanes of at least 4 members (excludes halogenated alkanes) is 1. The molecule has 0 aliphatic rings. The molecule has 0 saturated carbocycles. The molecule has 84 valence electrons. The first kappa shape index (κ1) is 12.8. The smallest absolute Gasteiger partial charge is 0.259 e. The van der Waals surface area contributed by atoms with Crippen molar-refractivity contribution in [3.05, 3.63) is 30.3 Å². The van der Waals surface area contributed by atoms with E-state index in [9.17, 15) is 0 Å². The number of benzene rings is 1. The zero-order chi connectivity index (χ0) is 11.3. The fourth-order valence-corrected chi connectivity index (χ4v) is 5.29. The Kier molecular flexibility index (Phi) is 4.83. The molecule has 0 amide bonds. The van der Waals surface area contributed by atoms with Crippen LogP contribution < -0.4 is 5.19 Å². The van der Waals surface area contributed by atoms with Gasteiger partial charge in [0, 0.05) is 0 Å². The summed E-state index contributed by atoms with van der Waals surface area (Å²) >= 11 is 6.84. The van der Waals surface area contributed by atoms with Crippen LogP contribution in [0.25, 0.3) is 0 Å². The van der Waals surface area contributed by atoms with Crippen LogP contribution in [0.2, 0.25) is 6.04 Å². The van der Waals surface area contributed by atoms with Gasteiger partial charge in [-0.2, -0.15) is 0 Å². The number of nitrogens with zero attached hydrogens (tertiary/aromatic N) is 1. The van der Waals surface area contributed by atoms with E-state index in [0.717, 1.165) is 6.04 Å². The largest absolute Gasteiger partial charge is 0.314 e. The van der Waals surface area contributed by atoms with Crippen molar-refractivity contribution in [1.29, 1.82) is 0 Å². The summed E-state index contributed by atoms with van der Waals surface area (Å²) in [5.41, 5.74) is 0. The Morgan fingerprint density at radius 1 is 1.20 bits per heavy atom. The molecule has 0 aliphatic heterocycles. The lowest BCUT2D eigenvalue weighted by atomic mass is 10.4. The summed E-state index contributed by atoms with van der Waals surface area (Å²) in [5.74, 6) is 0. The highest BCUT2D eigenvalue weighted by atomic mass is 35.6. The molecule has 1 aromatic carbocycles. The second-order valence-corrected chi connectivity index (χ2v) is 9.49. The van der Waals surface area contributed by atoms with E-state index in [-0.39, 0.29) is 0 Å². The van der Waals surface area contributed by atoms with Crippen molar-refractivity contribution in [1.82, 2.24) is 4.57 Å². The first-order valence-electron chi connectivity index (χ1n) is 5.53. The van der Waals surface area contributed by atoms with Gasteiger partial charge in [-0.25, -0.2) is 0 Å². The molecule has 0 aliphatic carbocycles. The molecular formula is C12H20ClNSi. The maximum atomic E-state index is 6.84. The lowest BCUT2D eigenvalue weighted by Crippen LogP contribution is -2.54. The molecule has 1 unspecified atom stereocenters. The second-order valence-electron chi connectivity index (χ2n) is 4.12. The average molecular weight is 242 g/mol. The lowest BCUT2D eigenvalue weighted by Gasteiger charge is -2.31. The summed E-state index contributed by atoms with van der Waals surface area (Å²) in [6.45, 7) is 2.21. The highest BCUT2D eigenvalue weighted by Crippen LogP contribution is 2.20. The Bertz CT molecular complexity index is 289. The Hall–Kier alpha value is -0.313. The molecule has 0 bridgehead atoms. The number of hydrogen-bond donors (Lipinski definition) is 0. The normalized spacial score (nSPS) is 15.3. The molecule has 1 nitrogen and oxygen atoms in total. The van der Waals surface area contributed by atoms with Crippen LogP contribution in [0.5, 0.6) is 0 Å². The van der Waals surface area contributed by atoms with Gasteiger partial charge in [-0.1, -0.05) is 50.1 Å². The highest BCUT2D eigenvalue weighted by Gasteiger charge is 2.35. The van der Waals surface area contributed by atoms with Crippen LogP contribution in [0.1, 0.15) is 19.8 Å². The van der Waals surface area contributed by atoms with E-state index in [1.807, 2.05) is 6.07 Å². The van der Waals surface area contributed by atoms with Gasteiger partial charge in [-0.05, 0) is 25.3 Å². The molecule has 0 saturated heterocycles. The van der Waals surface area contributed by atoms with Gasteiger partial charge in [0.15, 0.2) is 0 Å². The fourth-order valence-electron chi connectivity index (χ4n) is 1.73. The molecule has 1 rings (SSSR count). The molecule has 0 fully saturated rings. The van der Waals surface area contributed by atoms with Crippen molar-refractivity contribution < 1.29 is 0 Å². The molecule has 0 heterocycles. The van der Waals surface area contributed by atoms with Crippen LogP contribution in [0.15, 0.2) is 30.3 Å². The van der Waals surface area contributed by atoms with Gasteiger partial charge in [0.2, 0.25) is 0 Å². The minimum atomic E-state index is -1.92. The lowest BCUT2D eigenvalue weighted by molar-refractivity contribution is 0.630. The van der Waals surface area contributed by atoms with Crippen molar-refractivity contribution >= 4 is 23.8 Å². The van der Waals surface area contributed by atoms with Crippen molar-refractivity contribution in [2.45, 2.75) is 25.8 Å². The fraction of sp³-hybridized carbons (Fsp3) is 0.500. The van der Waals surface area contributed by atoms with Gasteiger partial charge in [-0.15, -0.1) is 11.1 Å². The number of halogens is 1. The summed E-state index contributed by atoms with van der Waals surface area (Å²) in [6, 6.07) is 11.7. The van der Waals surface area contributed by atoms with Crippen LogP contribution >= 0.6 is 11.1 Å². The van der Waals surface area contributed by atoms with Crippen LogP contribution in [0, 0.1) is 0 Å². The van der Waals surface area contributed by atoms with Gasteiger partial charge in [0.05, 0.1) is 0 Å². The van der Waals surface area contributed by atoms with Gasteiger partial charge in [0.25, 0.3) is 7.55 Å². The monoisotopic (exact) mass is 241 g/mol. The zero-order valence-electron chi connectivity index (χ0n) is 9.83. The summed E-state index contributed by atoms with van der Waals surface area (Å²) in [5, 5.41) is 1.32. The molecule has 0 N–H and O–H groups in total. The van der Waals surface area contributed by atoms with Crippen molar-refractivity contribution in [3.8, 4) is 0 Å². The van der Waals surface area contributed by atoms with E-state index in [1.54, 1.807) is 0 Å². The van der Waals surface area contributed by atoms with Crippen LogP contribution in [0.3, 0.4) is 0 Å². The van der Waals surface area contributed by atoms with Crippen molar-refractivity contribution in [2.24, 2.45) is 0 Å². The molecule has 0 spiro atoms. The quantitative estimate of drug-likeness (QED) is 0.566. The van der Waals surface area contributed by atoms with E-state index in [4.69, 9.17) is 11.1 Å². The van der Waals surface area contributed by atoms with E-state index < -0.39 is 7.55 Å². The topological polar surface area (TPSA) is 3.24 Å². The minimum Gasteiger partial charge on any atom is -0.314 e. The van der Waals surface area contributed by atoms with Crippen LogP contribution in [0.4, 0.5) is 0 Å². The van der Waals surface area contributed by atoms with E-state index in [2.05, 4.69) is 49.9 Å². The molecule has 1 aromatic rings. The standard InChI is InChI=1S/C12H20ClNSi/c1-4-5-11-15(13,14(2)3)12-9-7-6-8-10-12/h6-10H,4-5,11H2,1-3H3. The summed E-state index contributed by atoms with van der Waals surface area (Å²) in [7, 11) is 2.28. The van der Waals surface area contributed by atoms with Crippen molar-refractivity contribution in [3.63, 3.8) is 0 Å². The second kappa shape index (κ2) is 5.68. The van der Waals surface area contributed by atoms with Crippen LogP contribution in [-0.2, 0) is 0 Å². The minimum absolute atomic E-state index is 1.13. The molecule has 0 radical (unpaired) electrons. The van der Waals surface area contributed by atoms with Gasteiger partial charge < -0.3 is 4.57 Å². The number of hydrogen-bond acceptors (Lipinski definition) is 1. The summed E-state index contributed by atoms with van der Waals surface area (Å²) < 4.78 is 2.24. The number of rotatable bonds is 5. The van der Waals surface area contributed by atoms with Gasteiger partial charge in [0.1, 0.15) is 0 Å². The molecule has 15 heavy (non-hydrogen) atoms. The predicted octanol–water partition coefficient (Wildman–Crippen LogP) is 2.94. The third kappa shape index (κ3) is 3.07. The Morgan fingerprint density at radius 3 is 2.27 bits per heavy atom. The van der Waals surface area contributed by atoms with Crippen LogP contribution in [-0.4, -0.2) is 26.2 Å². The molecule has 1 atom stereocenters. The van der Waals surface area contributed by atoms with Crippen molar-refractivity contribution in [2.75, 3.05) is 14.1 Å². The van der Waals surface area contributed by atoms with Gasteiger partial charge in [-0.3, -0.25) is 0 Å². The van der Waals surface area contributed by atoms with E-state index in [0.29, 0.717) is 0 Å². The van der Waals surface area contributed by atoms with E-state index >= 15 is 0 Å². The summed E-state index contributed by atoms with van der Waals surface area (Å²) in [4.78, 5) is 0. The molecule has 3 heteroatoms. The van der Waals surface area contributed by atoms with Gasteiger partial charge >= 0.3 is 0 Å². The predicted molar refractivity (Wildman–Crippen MR) is 71.1 cm³/mol. The molecule has 0 aromatic heterocycles. The first-order valence-corrected chi connectivity index (χ1v) is 8.69. The Balaban J connectivity index is 2.91.